The summed E-state index contributed by atoms with van der Waals surface area (Å²) in [6.07, 6.45) is 2.35. The van der Waals surface area contributed by atoms with E-state index in [0.717, 1.165) is 12.0 Å². The molecule has 2 N–H and O–H groups in total. The molecule has 0 fully saturated rings. The summed E-state index contributed by atoms with van der Waals surface area (Å²) in [7, 11) is 0. The van der Waals surface area contributed by atoms with Gasteiger partial charge in [-0.15, -0.1) is 0 Å². The maximum absolute atomic E-state index is 12.2. The minimum atomic E-state index is -0.489. The van der Waals surface area contributed by atoms with Gasteiger partial charge >= 0.3 is 0 Å². The second-order valence-corrected chi connectivity index (χ2v) is 7.01. The van der Waals surface area contributed by atoms with E-state index in [1.807, 2.05) is 12.1 Å². The number of aromatic nitrogens is 2. The lowest BCUT2D eigenvalue weighted by Gasteiger charge is -2.05. The fourth-order valence-corrected chi connectivity index (χ4v) is 2.81. The molecular formula is C21H21N5O3. The highest BCUT2D eigenvalue weighted by Crippen LogP contribution is 2.19. The van der Waals surface area contributed by atoms with Crippen LogP contribution in [0, 0.1) is 16.0 Å². The normalized spacial score (nSPS) is 11.1. The number of rotatable bonds is 7. The Kier molecular flexibility index (Phi) is 6.13. The van der Waals surface area contributed by atoms with E-state index in [1.54, 1.807) is 18.2 Å². The lowest BCUT2D eigenvalue weighted by atomic mass is 10.0. The number of nitro groups is 1. The number of hydrogen-bond acceptors (Lipinski definition) is 5. The molecule has 3 aromatic rings. The zero-order valence-electron chi connectivity index (χ0n) is 16.1. The SMILES string of the molecule is CC(C)Cc1ccc(-c2cc(C(=O)NN=Cc3cccc([N+](=O)[O-])c3)[nH]n2)cc1. The van der Waals surface area contributed by atoms with Crippen molar-refractivity contribution in [3.8, 4) is 11.3 Å². The topological polar surface area (TPSA) is 113 Å². The van der Waals surface area contributed by atoms with Crippen LogP contribution in [0.15, 0.2) is 59.7 Å². The number of aromatic amines is 1. The average molecular weight is 391 g/mol. The number of H-pyrrole nitrogens is 1. The second-order valence-electron chi connectivity index (χ2n) is 7.01. The summed E-state index contributed by atoms with van der Waals surface area (Å²) in [5, 5.41) is 21.5. The Hall–Kier alpha value is -3.81. The van der Waals surface area contributed by atoms with Gasteiger partial charge in [-0.2, -0.15) is 10.2 Å². The minimum Gasteiger partial charge on any atom is -0.272 e. The quantitative estimate of drug-likeness (QED) is 0.361. The average Bonchev–Trinajstić information content (AvgIpc) is 3.18. The molecule has 0 atom stereocenters. The van der Waals surface area contributed by atoms with Gasteiger partial charge in [-0.1, -0.05) is 50.2 Å². The zero-order chi connectivity index (χ0) is 20.8. The number of amides is 1. The number of hydrazone groups is 1. The van der Waals surface area contributed by atoms with Gasteiger partial charge in [0.1, 0.15) is 5.69 Å². The number of nitrogens with one attached hydrogen (secondary N) is 2. The van der Waals surface area contributed by atoms with Gasteiger partial charge in [-0.25, -0.2) is 5.43 Å². The Balaban J connectivity index is 1.63. The predicted octanol–water partition coefficient (Wildman–Crippen LogP) is 3.95. The Morgan fingerprint density at radius 2 is 2.00 bits per heavy atom. The van der Waals surface area contributed by atoms with Crippen LogP contribution in [0.5, 0.6) is 0 Å². The molecule has 29 heavy (non-hydrogen) atoms. The summed E-state index contributed by atoms with van der Waals surface area (Å²) >= 11 is 0. The number of nitrogens with zero attached hydrogens (tertiary/aromatic N) is 3. The monoisotopic (exact) mass is 391 g/mol. The summed E-state index contributed by atoms with van der Waals surface area (Å²) in [6, 6.07) is 15.7. The van der Waals surface area contributed by atoms with E-state index in [2.05, 4.69) is 46.7 Å². The van der Waals surface area contributed by atoms with Gasteiger partial charge in [-0.05, 0) is 24.0 Å². The van der Waals surface area contributed by atoms with Crippen LogP contribution in [0.4, 0.5) is 5.69 Å². The highest BCUT2D eigenvalue weighted by Gasteiger charge is 2.11. The van der Waals surface area contributed by atoms with Crippen molar-refractivity contribution < 1.29 is 9.72 Å². The van der Waals surface area contributed by atoms with Crippen molar-refractivity contribution in [2.45, 2.75) is 20.3 Å². The molecule has 0 spiro atoms. The van der Waals surface area contributed by atoms with Gasteiger partial charge in [0.2, 0.25) is 0 Å². The zero-order valence-corrected chi connectivity index (χ0v) is 16.1. The standard InChI is InChI=1S/C21H21N5O3/c1-14(2)10-15-6-8-17(9-7-15)19-12-20(24-23-19)21(27)25-22-13-16-4-3-5-18(11-16)26(28)29/h3-9,11-14H,10H2,1-2H3,(H,23,24)(H,25,27). The van der Waals surface area contributed by atoms with Crippen LogP contribution in [0.3, 0.4) is 0 Å². The van der Waals surface area contributed by atoms with Crippen molar-refractivity contribution in [2.24, 2.45) is 11.0 Å². The van der Waals surface area contributed by atoms with Gasteiger partial charge in [0.25, 0.3) is 11.6 Å². The second kappa shape index (κ2) is 8.92. The van der Waals surface area contributed by atoms with Gasteiger partial charge in [-0.3, -0.25) is 20.0 Å². The van der Waals surface area contributed by atoms with E-state index in [-0.39, 0.29) is 11.4 Å². The summed E-state index contributed by atoms with van der Waals surface area (Å²) < 4.78 is 0. The number of nitro benzene ring substituents is 1. The highest BCUT2D eigenvalue weighted by molar-refractivity contribution is 5.94. The van der Waals surface area contributed by atoms with Crippen LogP contribution in [0.25, 0.3) is 11.3 Å². The molecule has 0 aliphatic carbocycles. The van der Waals surface area contributed by atoms with E-state index in [9.17, 15) is 14.9 Å². The molecule has 1 heterocycles. The number of carbonyl (C=O) groups excluding carboxylic acids is 1. The first kappa shape index (κ1) is 19.9. The molecule has 0 aliphatic rings. The van der Waals surface area contributed by atoms with Crippen LogP contribution < -0.4 is 5.43 Å². The third-order valence-electron chi connectivity index (χ3n) is 4.18. The summed E-state index contributed by atoms with van der Waals surface area (Å²) in [5.74, 6) is 0.131. The van der Waals surface area contributed by atoms with E-state index >= 15 is 0 Å². The maximum atomic E-state index is 12.2. The highest BCUT2D eigenvalue weighted by atomic mass is 16.6. The molecule has 8 nitrogen and oxygen atoms in total. The molecule has 0 bridgehead atoms. The molecule has 0 radical (unpaired) electrons. The lowest BCUT2D eigenvalue weighted by molar-refractivity contribution is -0.384. The smallest absolute Gasteiger partial charge is 0.272 e. The molecule has 0 saturated heterocycles. The molecular weight excluding hydrogens is 370 g/mol. The van der Waals surface area contributed by atoms with E-state index in [4.69, 9.17) is 0 Å². The maximum Gasteiger partial charge on any atom is 0.289 e. The Morgan fingerprint density at radius 3 is 2.69 bits per heavy atom. The molecule has 0 saturated carbocycles. The fraction of sp³-hybridized carbons (Fsp3) is 0.190. The van der Waals surface area contributed by atoms with Gasteiger partial charge in [0.05, 0.1) is 16.8 Å². The fourth-order valence-electron chi connectivity index (χ4n) is 2.81. The van der Waals surface area contributed by atoms with Gasteiger partial charge in [0.15, 0.2) is 0 Å². The molecule has 8 heteroatoms. The van der Waals surface area contributed by atoms with Crippen LogP contribution >= 0.6 is 0 Å². The van der Waals surface area contributed by atoms with E-state index < -0.39 is 10.8 Å². The first-order chi connectivity index (χ1) is 13.9. The van der Waals surface area contributed by atoms with Crippen molar-refractivity contribution >= 4 is 17.8 Å². The summed E-state index contributed by atoms with van der Waals surface area (Å²) in [4.78, 5) is 22.5. The first-order valence-corrected chi connectivity index (χ1v) is 9.15. The van der Waals surface area contributed by atoms with Crippen molar-refractivity contribution in [1.82, 2.24) is 15.6 Å². The molecule has 0 aliphatic heterocycles. The third kappa shape index (κ3) is 5.35. The summed E-state index contributed by atoms with van der Waals surface area (Å²) in [5.41, 5.74) is 5.94. The largest absolute Gasteiger partial charge is 0.289 e. The number of hydrogen-bond donors (Lipinski definition) is 2. The molecule has 1 amide bonds. The Morgan fingerprint density at radius 1 is 1.24 bits per heavy atom. The van der Waals surface area contributed by atoms with Gasteiger partial charge in [0, 0.05) is 23.3 Å². The molecule has 3 rings (SSSR count). The number of benzene rings is 2. The van der Waals surface area contributed by atoms with Crippen LogP contribution in [-0.4, -0.2) is 27.2 Å². The van der Waals surface area contributed by atoms with Crippen molar-refractivity contribution in [1.29, 1.82) is 0 Å². The number of non-ortho nitro benzene ring substituents is 1. The van der Waals surface area contributed by atoms with Crippen LogP contribution in [0.2, 0.25) is 0 Å². The Bertz CT molecular complexity index is 1040. The third-order valence-corrected chi connectivity index (χ3v) is 4.18. The first-order valence-electron chi connectivity index (χ1n) is 9.15. The molecule has 1 aromatic heterocycles. The molecule has 0 unspecified atom stereocenters. The van der Waals surface area contributed by atoms with E-state index in [1.165, 1.54) is 23.9 Å². The van der Waals surface area contributed by atoms with E-state index in [0.29, 0.717) is 17.2 Å². The predicted molar refractivity (Wildman–Crippen MR) is 111 cm³/mol. The molecule has 148 valence electrons. The summed E-state index contributed by atoms with van der Waals surface area (Å²) in [6.45, 7) is 4.35. The lowest BCUT2D eigenvalue weighted by Crippen LogP contribution is -2.18. The van der Waals surface area contributed by atoms with Crippen molar-refractivity contribution in [2.75, 3.05) is 0 Å². The minimum absolute atomic E-state index is 0.0436. The van der Waals surface area contributed by atoms with Crippen LogP contribution in [0.1, 0.15) is 35.5 Å². The Labute approximate surface area is 167 Å². The van der Waals surface area contributed by atoms with Crippen molar-refractivity contribution in [3.05, 3.63) is 81.5 Å². The van der Waals surface area contributed by atoms with Crippen LogP contribution in [-0.2, 0) is 6.42 Å². The molecule has 2 aromatic carbocycles. The van der Waals surface area contributed by atoms with Crippen molar-refractivity contribution in [3.63, 3.8) is 0 Å². The van der Waals surface area contributed by atoms with Gasteiger partial charge < -0.3 is 0 Å². The number of carbonyl (C=O) groups is 1.